The average molecular weight is 391 g/mol. The number of nitrogens with zero attached hydrogens (tertiary/aromatic N) is 2. The van der Waals surface area contributed by atoms with Gasteiger partial charge in [-0.25, -0.2) is 4.68 Å². The Bertz CT molecular complexity index is 884. The van der Waals surface area contributed by atoms with Gasteiger partial charge in [-0.1, -0.05) is 43.4 Å². The Balaban J connectivity index is 2.04. The Kier molecular flexibility index (Phi) is 6.10. The van der Waals surface area contributed by atoms with E-state index in [0.717, 1.165) is 18.4 Å². The van der Waals surface area contributed by atoms with Gasteiger partial charge in [0.15, 0.2) is 5.75 Å². The molecule has 5 nitrogen and oxygen atoms in total. The Labute approximate surface area is 164 Å². The molecule has 0 amide bonds. The zero-order valence-electron chi connectivity index (χ0n) is 16.2. The summed E-state index contributed by atoms with van der Waals surface area (Å²) in [7, 11) is 1.57. The predicted molar refractivity (Wildman–Crippen MR) is 108 cm³/mol. The molecular formula is C21H27ClN2O3. The number of rotatable bonds is 4. The molecule has 1 heterocycles. The van der Waals surface area contributed by atoms with E-state index in [1.54, 1.807) is 20.0 Å². The number of halogens is 1. The van der Waals surface area contributed by atoms with Crippen LogP contribution in [0.15, 0.2) is 16.9 Å². The van der Waals surface area contributed by atoms with Gasteiger partial charge in [-0.05, 0) is 44.2 Å². The molecule has 1 saturated carbocycles. The third-order valence-corrected chi connectivity index (χ3v) is 5.69. The fourth-order valence-electron chi connectivity index (χ4n) is 3.83. The van der Waals surface area contributed by atoms with Crippen molar-refractivity contribution in [3.63, 3.8) is 0 Å². The fraction of sp³-hybridized carbons (Fsp3) is 0.524. The summed E-state index contributed by atoms with van der Waals surface area (Å²) >= 11 is 6.45. The minimum Gasteiger partial charge on any atom is -0.505 e. The van der Waals surface area contributed by atoms with Crippen LogP contribution in [0.25, 0.3) is 11.1 Å². The van der Waals surface area contributed by atoms with Gasteiger partial charge in [0.25, 0.3) is 5.56 Å². The number of aryl methyl sites for hydroxylation is 3. The van der Waals surface area contributed by atoms with Gasteiger partial charge in [0.1, 0.15) is 11.4 Å². The molecule has 3 rings (SSSR count). The molecule has 1 aromatic heterocycles. The SMILES string of the molecule is Cc1ccc(Cl)c(OCC2CCCCCC2)c1-c1c(O)c(C)nn(C)c1=O. The van der Waals surface area contributed by atoms with Crippen LogP contribution < -0.4 is 10.3 Å². The van der Waals surface area contributed by atoms with Crippen molar-refractivity contribution in [2.75, 3.05) is 6.61 Å². The molecule has 27 heavy (non-hydrogen) atoms. The lowest BCUT2D eigenvalue weighted by molar-refractivity contribution is 0.234. The summed E-state index contributed by atoms with van der Waals surface area (Å²) in [6, 6.07) is 3.61. The van der Waals surface area contributed by atoms with Gasteiger partial charge in [0.2, 0.25) is 0 Å². The summed E-state index contributed by atoms with van der Waals surface area (Å²) in [4.78, 5) is 12.8. The number of aromatic hydroxyl groups is 1. The number of ether oxygens (including phenoxy) is 1. The summed E-state index contributed by atoms with van der Waals surface area (Å²) in [6.45, 7) is 4.13. The van der Waals surface area contributed by atoms with E-state index in [-0.39, 0.29) is 16.9 Å². The van der Waals surface area contributed by atoms with E-state index in [1.165, 1.54) is 30.4 Å². The normalized spacial score (nSPS) is 15.6. The summed E-state index contributed by atoms with van der Waals surface area (Å²) in [6.07, 6.45) is 7.33. The zero-order valence-corrected chi connectivity index (χ0v) is 17.0. The van der Waals surface area contributed by atoms with Crippen molar-refractivity contribution in [3.05, 3.63) is 38.8 Å². The number of aromatic nitrogens is 2. The van der Waals surface area contributed by atoms with Crippen LogP contribution in [-0.2, 0) is 7.05 Å². The van der Waals surface area contributed by atoms with E-state index >= 15 is 0 Å². The van der Waals surface area contributed by atoms with Gasteiger partial charge in [-0.2, -0.15) is 5.10 Å². The van der Waals surface area contributed by atoms with Crippen LogP contribution in [0.5, 0.6) is 11.5 Å². The van der Waals surface area contributed by atoms with E-state index in [1.807, 2.05) is 13.0 Å². The van der Waals surface area contributed by atoms with Crippen molar-refractivity contribution < 1.29 is 9.84 Å². The molecule has 1 aliphatic carbocycles. The largest absolute Gasteiger partial charge is 0.505 e. The fourth-order valence-corrected chi connectivity index (χ4v) is 4.04. The van der Waals surface area contributed by atoms with Crippen LogP contribution in [0, 0.1) is 19.8 Å². The standard InChI is InChI=1S/C21H27ClN2O3/c1-13-10-11-16(22)20(27-12-15-8-6-4-5-7-9-15)17(13)18-19(25)14(2)23-24(3)21(18)26/h10-11,15,25H,4-9,12H2,1-3H3. The molecule has 6 heteroatoms. The maximum Gasteiger partial charge on any atom is 0.278 e. The first kappa shape index (κ1) is 19.7. The Morgan fingerprint density at radius 3 is 2.52 bits per heavy atom. The van der Waals surface area contributed by atoms with Crippen molar-refractivity contribution in [1.82, 2.24) is 9.78 Å². The van der Waals surface area contributed by atoms with Crippen LogP contribution in [-0.4, -0.2) is 21.5 Å². The van der Waals surface area contributed by atoms with E-state index in [0.29, 0.717) is 34.6 Å². The zero-order chi connectivity index (χ0) is 19.6. The van der Waals surface area contributed by atoms with Crippen molar-refractivity contribution >= 4 is 11.6 Å². The highest BCUT2D eigenvalue weighted by molar-refractivity contribution is 6.32. The maximum absolute atomic E-state index is 12.8. The minimum atomic E-state index is -0.372. The number of hydrogen-bond donors (Lipinski definition) is 1. The van der Waals surface area contributed by atoms with Gasteiger partial charge >= 0.3 is 0 Å². The summed E-state index contributed by atoms with van der Waals surface area (Å²) in [5, 5.41) is 15.1. The third kappa shape index (κ3) is 4.13. The molecule has 0 radical (unpaired) electrons. The molecule has 1 N–H and O–H groups in total. The molecule has 2 aromatic rings. The highest BCUT2D eigenvalue weighted by atomic mass is 35.5. The second-order valence-electron chi connectivity index (χ2n) is 7.47. The van der Waals surface area contributed by atoms with E-state index in [4.69, 9.17) is 16.3 Å². The Hall–Kier alpha value is -2.01. The van der Waals surface area contributed by atoms with Gasteiger partial charge in [0, 0.05) is 12.6 Å². The van der Waals surface area contributed by atoms with Gasteiger partial charge in [-0.15, -0.1) is 0 Å². The molecule has 1 aliphatic rings. The van der Waals surface area contributed by atoms with Crippen LogP contribution in [0.4, 0.5) is 0 Å². The van der Waals surface area contributed by atoms with Gasteiger partial charge < -0.3 is 9.84 Å². The van der Waals surface area contributed by atoms with Crippen LogP contribution in [0.1, 0.15) is 49.8 Å². The third-order valence-electron chi connectivity index (χ3n) is 5.39. The molecule has 146 valence electrons. The molecule has 1 fully saturated rings. The van der Waals surface area contributed by atoms with Crippen LogP contribution >= 0.6 is 11.6 Å². The topological polar surface area (TPSA) is 64.3 Å². The average Bonchev–Trinajstić information content (AvgIpc) is 2.91. The highest BCUT2D eigenvalue weighted by Gasteiger charge is 2.23. The lowest BCUT2D eigenvalue weighted by Crippen LogP contribution is -2.23. The molecule has 0 bridgehead atoms. The summed E-state index contributed by atoms with van der Waals surface area (Å²) in [5.74, 6) is 0.842. The first-order valence-electron chi connectivity index (χ1n) is 9.59. The van der Waals surface area contributed by atoms with Crippen molar-refractivity contribution in [1.29, 1.82) is 0 Å². The Morgan fingerprint density at radius 2 is 1.85 bits per heavy atom. The molecule has 0 saturated heterocycles. The monoisotopic (exact) mass is 390 g/mol. The minimum absolute atomic E-state index is 0.122. The predicted octanol–water partition coefficient (Wildman–Crippen LogP) is 4.77. The second-order valence-corrected chi connectivity index (χ2v) is 7.88. The quantitative estimate of drug-likeness (QED) is 0.763. The highest BCUT2D eigenvalue weighted by Crippen LogP contribution is 2.41. The summed E-state index contributed by atoms with van der Waals surface area (Å²) in [5.41, 5.74) is 1.60. The Morgan fingerprint density at radius 1 is 1.19 bits per heavy atom. The van der Waals surface area contributed by atoms with Gasteiger partial charge in [0.05, 0.1) is 17.2 Å². The molecule has 0 aliphatic heterocycles. The smallest absolute Gasteiger partial charge is 0.278 e. The molecule has 0 unspecified atom stereocenters. The van der Waals surface area contributed by atoms with E-state index in [9.17, 15) is 9.90 Å². The first-order valence-corrected chi connectivity index (χ1v) is 9.97. The van der Waals surface area contributed by atoms with E-state index < -0.39 is 0 Å². The van der Waals surface area contributed by atoms with Gasteiger partial charge in [-0.3, -0.25) is 4.79 Å². The molecular weight excluding hydrogens is 364 g/mol. The number of hydrogen-bond acceptors (Lipinski definition) is 4. The van der Waals surface area contributed by atoms with Crippen LogP contribution in [0.3, 0.4) is 0 Å². The first-order chi connectivity index (χ1) is 12.9. The molecule has 0 spiro atoms. The molecule has 1 aromatic carbocycles. The lowest BCUT2D eigenvalue weighted by atomic mass is 9.98. The van der Waals surface area contributed by atoms with Crippen molar-refractivity contribution in [3.8, 4) is 22.6 Å². The summed E-state index contributed by atoms with van der Waals surface area (Å²) < 4.78 is 7.41. The van der Waals surface area contributed by atoms with Crippen LogP contribution in [0.2, 0.25) is 5.02 Å². The maximum atomic E-state index is 12.8. The van der Waals surface area contributed by atoms with Crippen molar-refractivity contribution in [2.45, 2.75) is 52.4 Å². The van der Waals surface area contributed by atoms with E-state index in [2.05, 4.69) is 5.10 Å². The molecule has 0 atom stereocenters. The second kappa shape index (κ2) is 8.34. The van der Waals surface area contributed by atoms with Crippen molar-refractivity contribution in [2.24, 2.45) is 13.0 Å². The lowest BCUT2D eigenvalue weighted by Gasteiger charge is -2.20. The number of benzene rings is 1.